The number of benzene rings is 1. The number of ether oxygens (including phenoxy) is 2. The van der Waals surface area contributed by atoms with Crippen molar-refractivity contribution >= 4 is 11.6 Å². The van der Waals surface area contributed by atoms with Gasteiger partial charge >= 0.3 is 0 Å². The summed E-state index contributed by atoms with van der Waals surface area (Å²) < 4.78 is 11.3. The van der Waals surface area contributed by atoms with Crippen LogP contribution in [0.4, 0.5) is 11.6 Å². The first-order chi connectivity index (χ1) is 11.2. The fourth-order valence-corrected chi connectivity index (χ4v) is 2.79. The molecule has 1 aliphatic heterocycles. The first-order valence-corrected chi connectivity index (χ1v) is 7.80. The molecular formula is C17H22N4O2. The molecule has 0 aliphatic carbocycles. The number of methoxy groups -OCH3 is 1. The maximum atomic E-state index is 6.14. The Morgan fingerprint density at radius 2 is 2.17 bits per heavy atom. The smallest absolute Gasteiger partial charge is 0.228 e. The maximum absolute atomic E-state index is 6.14. The number of likely N-dealkylation sites (N-methyl/N-ethyl adjacent to an activating group) is 2. The van der Waals surface area contributed by atoms with Gasteiger partial charge in [0.2, 0.25) is 11.8 Å². The summed E-state index contributed by atoms with van der Waals surface area (Å²) in [5.41, 5.74) is 1.16. The van der Waals surface area contributed by atoms with Gasteiger partial charge in [0.05, 0.1) is 25.9 Å². The first-order valence-electron chi connectivity index (χ1n) is 7.80. The number of anilines is 2. The molecule has 2 heterocycles. The van der Waals surface area contributed by atoms with Gasteiger partial charge in [-0.25, -0.2) is 4.98 Å². The summed E-state index contributed by atoms with van der Waals surface area (Å²) >= 11 is 0. The summed E-state index contributed by atoms with van der Waals surface area (Å²) in [6.45, 7) is 4.67. The van der Waals surface area contributed by atoms with Crippen molar-refractivity contribution in [3.63, 3.8) is 0 Å². The zero-order chi connectivity index (χ0) is 16.2. The summed E-state index contributed by atoms with van der Waals surface area (Å²) in [7, 11) is 3.57. The van der Waals surface area contributed by atoms with Crippen LogP contribution in [0.3, 0.4) is 0 Å². The van der Waals surface area contributed by atoms with Gasteiger partial charge in [-0.1, -0.05) is 12.1 Å². The quantitative estimate of drug-likeness (QED) is 0.843. The molecule has 3 rings (SSSR count). The van der Waals surface area contributed by atoms with Gasteiger partial charge in [0.1, 0.15) is 11.9 Å². The maximum Gasteiger partial charge on any atom is 0.228 e. The van der Waals surface area contributed by atoms with Crippen LogP contribution >= 0.6 is 0 Å². The molecule has 1 aromatic carbocycles. The molecule has 6 heteroatoms. The molecule has 6 nitrogen and oxygen atoms in total. The number of hydrogen-bond donors (Lipinski definition) is 0. The van der Waals surface area contributed by atoms with E-state index in [9.17, 15) is 0 Å². The average Bonchev–Trinajstić information content (AvgIpc) is 2.61. The number of hydrogen-bond acceptors (Lipinski definition) is 6. The van der Waals surface area contributed by atoms with Gasteiger partial charge in [-0.3, -0.25) is 0 Å². The Hall–Kier alpha value is -2.50. The van der Waals surface area contributed by atoms with Crippen LogP contribution < -0.4 is 19.3 Å². The van der Waals surface area contributed by atoms with Crippen LogP contribution in [0.25, 0.3) is 0 Å². The van der Waals surface area contributed by atoms with Crippen LogP contribution in [-0.2, 0) is 0 Å². The third-order valence-corrected chi connectivity index (χ3v) is 3.95. The van der Waals surface area contributed by atoms with E-state index in [4.69, 9.17) is 9.47 Å². The second-order valence-corrected chi connectivity index (χ2v) is 5.53. The number of nitrogens with zero attached hydrogens (tertiary/aromatic N) is 4. The van der Waals surface area contributed by atoms with Gasteiger partial charge in [0.25, 0.3) is 0 Å². The van der Waals surface area contributed by atoms with Crippen molar-refractivity contribution < 1.29 is 9.47 Å². The Kier molecular flexibility index (Phi) is 4.50. The number of fused-ring (bicyclic) bond motifs is 1. The van der Waals surface area contributed by atoms with Gasteiger partial charge < -0.3 is 19.3 Å². The zero-order valence-corrected chi connectivity index (χ0v) is 13.8. The van der Waals surface area contributed by atoms with Crippen LogP contribution in [0.2, 0.25) is 0 Å². The average molecular weight is 314 g/mol. The largest absolute Gasteiger partial charge is 0.485 e. The van der Waals surface area contributed by atoms with E-state index >= 15 is 0 Å². The molecule has 1 aliphatic rings. The minimum atomic E-state index is 0.0599. The number of aromatic nitrogens is 2. The number of para-hydroxylation sites is 2. The van der Waals surface area contributed by atoms with Crippen LogP contribution in [0.5, 0.6) is 11.6 Å². The second-order valence-electron chi connectivity index (χ2n) is 5.53. The van der Waals surface area contributed by atoms with Crippen LogP contribution in [0, 0.1) is 0 Å². The highest BCUT2D eigenvalue weighted by Gasteiger charge is 2.26. The highest BCUT2D eigenvalue weighted by molar-refractivity contribution is 5.60. The normalized spacial score (nSPS) is 16.5. The van der Waals surface area contributed by atoms with E-state index in [0.717, 1.165) is 24.5 Å². The molecule has 0 radical (unpaired) electrons. The minimum absolute atomic E-state index is 0.0599. The van der Waals surface area contributed by atoms with Gasteiger partial charge in [0.15, 0.2) is 0 Å². The fraction of sp³-hybridized carbons (Fsp3) is 0.412. The molecule has 122 valence electrons. The molecule has 0 bridgehead atoms. The van der Waals surface area contributed by atoms with Gasteiger partial charge in [0, 0.05) is 25.9 Å². The van der Waals surface area contributed by atoms with Gasteiger partial charge in [-0.05, 0) is 19.1 Å². The van der Waals surface area contributed by atoms with E-state index < -0.39 is 0 Å². The van der Waals surface area contributed by atoms with E-state index in [1.165, 1.54) is 0 Å². The lowest BCUT2D eigenvalue weighted by Gasteiger charge is -2.37. The predicted octanol–water partition coefficient (Wildman–Crippen LogP) is 2.21. The molecule has 1 aromatic heterocycles. The molecule has 0 spiro atoms. The molecule has 0 amide bonds. The minimum Gasteiger partial charge on any atom is -0.485 e. The number of rotatable bonds is 5. The summed E-state index contributed by atoms with van der Waals surface area (Å²) in [6.07, 6.45) is 1.76. The lowest BCUT2D eigenvalue weighted by atomic mass is 10.2. The monoisotopic (exact) mass is 314 g/mol. The summed E-state index contributed by atoms with van der Waals surface area (Å²) in [5.74, 6) is 2.13. The Morgan fingerprint density at radius 1 is 1.35 bits per heavy atom. The lowest BCUT2D eigenvalue weighted by molar-refractivity contribution is 0.199. The second kappa shape index (κ2) is 6.73. The molecule has 2 aromatic rings. The third kappa shape index (κ3) is 3.31. The van der Waals surface area contributed by atoms with E-state index in [1.807, 2.05) is 30.1 Å². The highest BCUT2D eigenvalue weighted by Crippen LogP contribution is 2.33. The Balaban J connectivity index is 1.73. The van der Waals surface area contributed by atoms with Crippen LogP contribution in [0.15, 0.2) is 36.5 Å². The third-order valence-electron chi connectivity index (χ3n) is 3.95. The van der Waals surface area contributed by atoms with Crippen molar-refractivity contribution in [2.75, 3.05) is 43.6 Å². The van der Waals surface area contributed by atoms with E-state index in [2.05, 4.69) is 27.9 Å². The predicted molar refractivity (Wildman–Crippen MR) is 90.6 cm³/mol. The van der Waals surface area contributed by atoms with Crippen molar-refractivity contribution in [1.29, 1.82) is 0 Å². The first kappa shape index (κ1) is 15.4. The summed E-state index contributed by atoms with van der Waals surface area (Å²) in [4.78, 5) is 13.0. The molecule has 0 N–H and O–H groups in total. The zero-order valence-electron chi connectivity index (χ0n) is 13.8. The van der Waals surface area contributed by atoms with E-state index in [1.54, 1.807) is 19.4 Å². The molecule has 1 unspecified atom stereocenters. The van der Waals surface area contributed by atoms with Crippen LogP contribution in [0.1, 0.15) is 6.92 Å². The van der Waals surface area contributed by atoms with Crippen molar-refractivity contribution in [3.8, 4) is 11.6 Å². The van der Waals surface area contributed by atoms with Gasteiger partial charge in [-0.2, -0.15) is 4.98 Å². The Bertz CT molecular complexity index is 665. The molecular weight excluding hydrogens is 292 g/mol. The fourth-order valence-electron chi connectivity index (χ4n) is 2.79. The van der Waals surface area contributed by atoms with Crippen molar-refractivity contribution in [1.82, 2.24) is 9.97 Å². The standard InChI is InChI=1S/C17H22N4O2/c1-4-21-12-13(23-15-8-6-5-7-14(15)21)11-20(2)17-18-10-9-16(19-17)22-3/h5-10,13H,4,11-12H2,1-3H3. The van der Waals surface area contributed by atoms with E-state index in [-0.39, 0.29) is 6.10 Å². The SMILES string of the molecule is CCN1CC(CN(C)c2nccc(OC)n2)Oc2ccccc21. The topological polar surface area (TPSA) is 50.7 Å². The Labute approximate surface area is 136 Å². The summed E-state index contributed by atoms with van der Waals surface area (Å²) in [6, 6.07) is 9.91. The van der Waals surface area contributed by atoms with Crippen molar-refractivity contribution in [2.24, 2.45) is 0 Å². The molecule has 0 saturated heterocycles. The molecule has 23 heavy (non-hydrogen) atoms. The lowest BCUT2D eigenvalue weighted by Crippen LogP contribution is -2.46. The Morgan fingerprint density at radius 3 is 2.96 bits per heavy atom. The van der Waals surface area contributed by atoms with E-state index in [0.29, 0.717) is 18.4 Å². The highest BCUT2D eigenvalue weighted by atomic mass is 16.5. The van der Waals surface area contributed by atoms with Crippen molar-refractivity contribution in [3.05, 3.63) is 36.5 Å². The van der Waals surface area contributed by atoms with Crippen molar-refractivity contribution in [2.45, 2.75) is 13.0 Å². The summed E-state index contributed by atoms with van der Waals surface area (Å²) in [5, 5.41) is 0. The van der Waals surface area contributed by atoms with Crippen LogP contribution in [-0.4, -0.2) is 49.9 Å². The van der Waals surface area contributed by atoms with Gasteiger partial charge in [-0.15, -0.1) is 0 Å². The molecule has 1 atom stereocenters. The molecule has 0 fully saturated rings. The molecule has 0 saturated carbocycles.